The maximum atomic E-state index is 12.4. The average molecular weight is 479 g/mol. The molecular formula is C24H19ClN4O3S. The summed E-state index contributed by atoms with van der Waals surface area (Å²) in [6.45, 7) is 1.88. The summed E-state index contributed by atoms with van der Waals surface area (Å²) in [5.41, 5.74) is 3.38. The van der Waals surface area contributed by atoms with E-state index in [-0.39, 0.29) is 22.8 Å². The molecule has 0 aliphatic heterocycles. The van der Waals surface area contributed by atoms with Gasteiger partial charge in [0.25, 0.3) is 11.1 Å². The number of halogens is 1. The van der Waals surface area contributed by atoms with Crippen molar-refractivity contribution in [2.75, 3.05) is 16.4 Å². The van der Waals surface area contributed by atoms with Gasteiger partial charge in [-0.3, -0.25) is 9.59 Å². The van der Waals surface area contributed by atoms with Gasteiger partial charge in [-0.05, 0) is 61.0 Å². The number of benzene rings is 3. The molecule has 0 atom stereocenters. The van der Waals surface area contributed by atoms with Gasteiger partial charge in [0.1, 0.15) is 0 Å². The maximum Gasteiger partial charge on any atom is 0.277 e. The van der Waals surface area contributed by atoms with Crippen LogP contribution >= 0.6 is 23.4 Å². The zero-order valence-corrected chi connectivity index (χ0v) is 19.1. The summed E-state index contributed by atoms with van der Waals surface area (Å²) in [6, 6.07) is 21.3. The van der Waals surface area contributed by atoms with Crippen molar-refractivity contribution < 1.29 is 14.0 Å². The van der Waals surface area contributed by atoms with Gasteiger partial charge in [0.05, 0.1) is 5.75 Å². The molecule has 0 fully saturated rings. The lowest BCUT2D eigenvalue weighted by molar-refractivity contribution is -0.113. The van der Waals surface area contributed by atoms with Crippen LogP contribution in [0.3, 0.4) is 0 Å². The SMILES string of the molecule is Cc1ccc(NC(=O)CSc2nnc(-c3ccc(Cl)cc3)o2)cc1NC(=O)c1ccccc1. The lowest BCUT2D eigenvalue weighted by Gasteiger charge is -2.11. The summed E-state index contributed by atoms with van der Waals surface area (Å²) >= 11 is 7.02. The standard InChI is InChI=1S/C24H19ClN4O3S/c1-15-7-12-19(13-20(15)27-22(31)16-5-3-2-4-6-16)26-21(30)14-33-24-29-28-23(32-24)17-8-10-18(25)11-9-17/h2-13H,14H2,1H3,(H,26,30)(H,27,31). The Kier molecular flexibility index (Phi) is 7.07. The van der Waals surface area contributed by atoms with E-state index in [9.17, 15) is 9.59 Å². The van der Waals surface area contributed by atoms with Crippen LogP contribution in [0.15, 0.2) is 82.4 Å². The fraction of sp³-hybridized carbons (Fsp3) is 0.0833. The third kappa shape index (κ3) is 6.00. The zero-order valence-electron chi connectivity index (χ0n) is 17.5. The van der Waals surface area contributed by atoms with Crippen molar-refractivity contribution in [3.8, 4) is 11.5 Å². The molecule has 0 bridgehead atoms. The number of carbonyl (C=O) groups excluding carboxylic acids is 2. The second kappa shape index (κ2) is 10.3. The van der Waals surface area contributed by atoms with Gasteiger partial charge in [-0.25, -0.2) is 0 Å². The Bertz CT molecular complexity index is 1280. The van der Waals surface area contributed by atoms with Crippen LogP contribution in [-0.2, 0) is 4.79 Å². The van der Waals surface area contributed by atoms with Crippen LogP contribution in [0.1, 0.15) is 15.9 Å². The number of anilines is 2. The van der Waals surface area contributed by atoms with Crippen LogP contribution in [0, 0.1) is 6.92 Å². The van der Waals surface area contributed by atoms with E-state index in [0.717, 1.165) is 22.9 Å². The average Bonchev–Trinajstić information content (AvgIpc) is 3.30. The summed E-state index contributed by atoms with van der Waals surface area (Å²) < 4.78 is 5.60. The molecule has 1 aromatic heterocycles. The van der Waals surface area contributed by atoms with Crippen molar-refractivity contribution in [2.45, 2.75) is 12.1 Å². The van der Waals surface area contributed by atoms with Crippen molar-refractivity contribution >= 4 is 46.6 Å². The van der Waals surface area contributed by atoms with Crippen molar-refractivity contribution in [2.24, 2.45) is 0 Å². The van der Waals surface area contributed by atoms with Crippen LogP contribution in [0.2, 0.25) is 5.02 Å². The molecule has 4 rings (SSSR count). The Morgan fingerprint density at radius 3 is 2.48 bits per heavy atom. The lowest BCUT2D eigenvalue weighted by Crippen LogP contribution is -2.15. The van der Waals surface area contributed by atoms with Crippen molar-refractivity contribution in [3.05, 3.63) is 88.9 Å². The summed E-state index contributed by atoms with van der Waals surface area (Å²) in [6.07, 6.45) is 0. The third-order valence-electron chi connectivity index (χ3n) is 4.63. The monoisotopic (exact) mass is 478 g/mol. The number of nitrogens with zero attached hydrogens (tertiary/aromatic N) is 2. The van der Waals surface area contributed by atoms with E-state index in [2.05, 4.69) is 20.8 Å². The predicted octanol–water partition coefficient (Wildman–Crippen LogP) is 5.68. The summed E-state index contributed by atoms with van der Waals surface area (Å²) in [7, 11) is 0. The van der Waals surface area contributed by atoms with Gasteiger partial charge >= 0.3 is 0 Å². The second-order valence-electron chi connectivity index (χ2n) is 7.07. The van der Waals surface area contributed by atoms with Gasteiger partial charge in [-0.2, -0.15) is 0 Å². The minimum Gasteiger partial charge on any atom is -0.411 e. The van der Waals surface area contributed by atoms with Crippen LogP contribution in [0.4, 0.5) is 11.4 Å². The molecule has 2 N–H and O–H groups in total. The molecule has 0 spiro atoms. The van der Waals surface area contributed by atoms with Gasteiger partial charge in [0.15, 0.2) is 0 Å². The summed E-state index contributed by atoms with van der Waals surface area (Å²) in [5, 5.41) is 14.6. The molecule has 166 valence electrons. The van der Waals surface area contributed by atoms with E-state index in [0.29, 0.717) is 27.9 Å². The number of thioether (sulfide) groups is 1. The van der Waals surface area contributed by atoms with Crippen LogP contribution in [0.5, 0.6) is 0 Å². The molecule has 3 aromatic carbocycles. The molecule has 9 heteroatoms. The highest BCUT2D eigenvalue weighted by molar-refractivity contribution is 7.99. The van der Waals surface area contributed by atoms with E-state index >= 15 is 0 Å². The van der Waals surface area contributed by atoms with Gasteiger partial charge in [0, 0.05) is 27.5 Å². The van der Waals surface area contributed by atoms with Gasteiger partial charge < -0.3 is 15.1 Å². The Labute approximate surface area is 199 Å². The first-order valence-corrected chi connectivity index (χ1v) is 11.3. The van der Waals surface area contributed by atoms with Crippen molar-refractivity contribution in [1.29, 1.82) is 0 Å². The van der Waals surface area contributed by atoms with Gasteiger partial charge in [-0.1, -0.05) is 47.6 Å². The van der Waals surface area contributed by atoms with Gasteiger partial charge in [0.2, 0.25) is 11.8 Å². The molecule has 1 heterocycles. The highest BCUT2D eigenvalue weighted by Crippen LogP contribution is 2.25. The first-order valence-electron chi connectivity index (χ1n) is 9.97. The molecular weight excluding hydrogens is 460 g/mol. The highest BCUT2D eigenvalue weighted by Gasteiger charge is 2.13. The molecule has 2 amide bonds. The molecule has 0 saturated carbocycles. The molecule has 33 heavy (non-hydrogen) atoms. The minimum atomic E-state index is -0.240. The molecule has 0 aliphatic carbocycles. The largest absolute Gasteiger partial charge is 0.411 e. The molecule has 4 aromatic rings. The number of aryl methyl sites for hydroxylation is 1. The van der Waals surface area contributed by atoms with Crippen LogP contribution in [-0.4, -0.2) is 27.8 Å². The molecule has 0 radical (unpaired) electrons. The van der Waals surface area contributed by atoms with Crippen molar-refractivity contribution in [3.63, 3.8) is 0 Å². The Balaban J connectivity index is 1.34. The Morgan fingerprint density at radius 1 is 0.970 bits per heavy atom. The normalized spacial score (nSPS) is 10.6. The summed E-state index contributed by atoms with van der Waals surface area (Å²) in [4.78, 5) is 24.9. The smallest absolute Gasteiger partial charge is 0.277 e. The first-order chi connectivity index (χ1) is 16.0. The van der Waals surface area contributed by atoms with Crippen LogP contribution in [0.25, 0.3) is 11.5 Å². The number of nitrogens with one attached hydrogen (secondary N) is 2. The third-order valence-corrected chi connectivity index (χ3v) is 5.70. The lowest BCUT2D eigenvalue weighted by atomic mass is 10.1. The fourth-order valence-corrected chi connectivity index (χ4v) is 3.61. The molecule has 7 nitrogen and oxygen atoms in total. The van der Waals surface area contributed by atoms with E-state index in [4.69, 9.17) is 16.0 Å². The van der Waals surface area contributed by atoms with E-state index in [1.807, 2.05) is 19.1 Å². The van der Waals surface area contributed by atoms with E-state index in [1.165, 1.54) is 0 Å². The quantitative estimate of drug-likeness (QED) is 0.331. The van der Waals surface area contributed by atoms with E-state index < -0.39 is 0 Å². The molecule has 0 saturated heterocycles. The van der Waals surface area contributed by atoms with Crippen LogP contribution < -0.4 is 10.6 Å². The maximum absolute atomic E-state index is 12.4. The first kappa shape index (κ1) is 22.6. The van der Waals surface area contributed by atoms with Gasteiger partial charge in [-0.15, -0.1) is 10.2 Å². The number of hydrogen-bond donors (Lipinski definition) is 2. The van der Waals surface area contributed by atoms with E-state index in [1.54, 1.807) is 60.7 Å². The predicted molar refractivity (Wildman–Crippen MR) is 130 cm³/mol. The molecule has 0 unspecified atom stereocenters. The fourth-order valence-electron chi connectivity index (χ4n) is 2.92. The number of carbonyl (C=O) groups is 2. The zero-order chi connectivity index (χ0) is 23.2. The summed E-state index contributed by atoms with van der Waals surface area (Å²) in [5.74, 6) is -0.0186. The topological polar surface area (TPSA) is 97.1 Å². The number of hydrogen-bond acceptors (Lipinski definition) is 6. The number of aromatic nitrogens is 2. The highest BCUT2D eigenvalue weighted by atomic mass is 35.5. The molecule has 0 aliphatic rings. The van der Waals surface area contributed by atoms with Crippen molar-refractivity contribution in [1.82, 2.24) is 10.2 Å². The minimum absolute atomic E-state index is 0.0852. The Hall–Kier alpha value is -3.62. The second-order valence-corrected chi connectivity index (χ2v) is 8.43. The number of amides is 2. The Morgan fingerprint density at radius 2 is 1.73 bits per heavy atom. The number of rotatable bonds is 7.